The van der Waals surface area contributed by atoms with Crippen molar-refractivity contribution in [1.82, 2.24) is 4.90 Å². The summed E-state index contributed by atoms with van der Waals surface area (Å²) in [5, 5.41) is 6.89. The Labute approximate surface area is 107 Å². The lowest BCUT2D eigenvalue weighted by molar-refractivity contribution is -0.122. The largest absolute Gasteiger partial charge is 0.483 e. The minimum atomic E-state index is -0.250. The smallest absolute Gasteiger partial charge is 0.290 e. The third kappa shape index (κ3) is 3.09. The minimum absolute atomic E-state index is 0.201. The second kappa shape index (κ2) is 6.79. The van der Waals surface area contributed by atoms with E-state index in [9.17, 15) is 4.79 Å². The van der Waals surface area contributed by atoms with E-state index in [1.54, 1.807) is 0 Å². The number of carboxylic acid groups (broad SMARTS) is 1. The van der Waals surface area contributed by atoms with Crippen molar-refractivity contribution in [3.63, 3.8) is 0 Å². The zero-order chi connectivity index (χ0) is 13.5. The quantitative estimate of drug-likeness (QED) is 0.837. The van der Waals surface area contributed by atoms with Gasteiger partial charge in [0.25, 0.3) is 12.4 Å². The average Bonchev–Trinajstić information content (AvgIpc) is 2.69. The lowest BCUT2D eigenvalue weighted by Crippen LogP contribution is -2.33. The van der Waals surface area contributed by atoms with Gasteiger partial charge in [-0.3, -0.25) is 9.59 Å². The van der Waals surface area contributed by atoms with Gasteiger partial charge in [-0.15, -0.1) is 0 Å². The van der Waals surface area contributed by atoms with Gasteiger partial charge < -0.3 is 10.0 Å². The van der Waals surface area contributed by atoms with Crippen LogP contribution >= 0.6 is 0 Å². The Bertz CT molecular complexity index is 417. The van der Waals surface area contributed by atoms with Crippen LogP contribution in [0.5, 0.6) is 0 Å². The summed E-state index contributed by atoms with van der Waals surface area (Å²) < 4.78 is 0. The topological polar surface area (TPSA) is 57.6 Å². The molecule has 0 aromatic heterocycles. The number of nitrogens with zero attached hydrogens (tertiary/aromatic N) is 1. The molecule has 1 aliphatic rings. The van der Waals surface area contributed by atoms with Crippen molar-refractivity contribution < 1.29 is 14.7 Å². The maximum Gasteiger partial charge on any atom is 0.290 e. The highest BCUT2D eigenvalue weighted by atomic mass is 16.3. The summed E-state index contributed by atoms with van der Waals surface area (Å²) in [5.41, 5.74) is 2.06. The molecule has 1 aromatic rings. The van der Waals surface area contributed by atoms with Crippen molar-refractivity contribution >= 4 is 12.4 Å². The Balaban J connectivity index is 0.000000492. The molecule has 1 amide bonds. The van der Waals surface area contributed by atoms with E-state index in [0.717, 1.165) is 24.9 Å². The van der Waals surface area contributed by atoms with E-state index in [2.05, 4.69) is 13.8 Å². The first-order valence-electron chi connectivity index (χ1n) is 6.12. The first-order valence-corrected chi connectivity index (χ1v) is 6.12. The Morgan fingerprint density at radius 1 is 1.44 bits per heavy atom. The summed E-state index contributed by atoms with van der Waals surface area (Å²) in [4.78, 5) is 22.4. The molecule has 1 heterocycles. The molecule has 4 heteroatoms. The molecule has 1 aliphatic heterocycles. The summed E-state index contributed by atoms with van der Waals surface area (Å²) in [6, 6.07) is 8.27. The van der Waals surface area contributed by atoms with Gasteiger partial charge in [0.05, 0.1) is 0 Å². The molecule has 1 atom stereocenters. The van der Waals surface area contributed by atoms with Crippen LogP contribution in [0.1, 0.15) is 42.6 Å². The van der Waals surface area contributed by atoms with Crippen molar-refractivity contribution in [2.45, 2.75) is 39.3 Å². The number of hydrogen-bond acceptors (Lipinski definition) is 2. The fourth-order valence-corrected chi connectivity index (χ4v) is 2.21. The summed E-state index contributed by atoms with van der Waals surface area (Å²) in [5.74, 6) is 0.201. The van der Waals surface area contributed by atoms with Crippen molar-refractivity contribution in [3.8, 4) is 0 Å². The number of fused-ring (bicyclic) bond motifs is 1. The lowest BCUT2D eigenvalue weighted by atomic mass is 10.1. The minimum Gasteiger partial charge on any atom is -0.483 e. The molecule has 0 saturated heterocycles. The monoisotopic (exact) mass is 249 g/mol. The van der Waals surface area contributed by atoms with Gasteiger partial charge in [0.15, 0.2) is 0 Å². The molecule has 0 aliphatic carbocycles. The summed E-state index contributed by atoms with van der Waals surface area (Å²) in [7, 11) is 0. The first kappa shape index (κ1) is 14.2. The van der Waals surface area contributed by atoms with Crippen LogP contribution in [0.25, 0.3) is 0 Å². The van der Waals surface area contributed by atoms with Crippen molar-refractivity contribution in [3.05, 3.63) is 35.4 Å². The van der Waals surface area contributed by atoms with E-state index >= 15 is 0 Å². The van der Waals surface area contributed by atoms with Crippen molar-refractivity contribution in [2.75, 3.05) is 0 Å². The van der Waals surface area contributed by atoms with Gasteiger partial charge in [-0.05, 0) is 25.0 Å². The Morgan fingerprint density at radius 2 is 2.06 bits per heavy atom. The summed E-state index contributed by atoms with van der Waals surface area (Å²) >= 11 is 0. The standard InChI is InChI=1S/C13H17NO.CH2O2/c1-3-6-10(2)14-9-11-7-4-5-8-12(11)13(14)15;2-1-3/h4-5,7-8,10H,3,6,9H2,1-2H3;1H,(H,2,3). The Hall–Kier alpha value is -1.84. The Kier molecular flexibility index (Phi) is 5.36. The van der Waals surface area contributed by atoms with Crippen molar-refractivity contribution in [2.24, 2.45) is 0 Å². The van der Waals surface area contributed by atoms with Crippen LogP contribution in [0.15, 0.2) is 24.3 Å². The number of carbonyl (C=O) groups excluding carboxylic acids is 1. The van der Waals surface area contributed by atoms with Gasteiger partial charge in [-0.2, -0.15) is 0 Å². The number of amides is 1. The summed E-state index contributed by atoms with van der Waals surface area (Å²) in [6.45, 7) is 4.83. The van der Waals surface area contributed by atoms with Crippen LogP contribution in [0.2, 0.25) is 0 Å². The highest BCUT2D eigenvalue weighted by molar-refractivity contribution is 5.98. The van der Waals surface area contributed by atoms with Gasteiger partial charge in [0.1, 0.15) is 0 Å². The zero-order valence-electron chi connectivity index (χ0n) is 10.8. The predicted octanol–water partition coefficient (Wildman–Crippen LogP) is 2.53. The van der Waals surface area contributed by atoms with Crippen LogP contribution in [0.4, 0.5) is 0 Å². The maximum absolute atomic E-state index is 12.0. The summed E-state index contributed by atoms with van der Waals surface area (Å²) in [6.07, 6.45) is 2.21. The molecule has 1 unspecified atom stereocenters. The second-order valence-electron chi connectivity index (χ2n) is 4.33. The van der Waals surface area contributed by atoms with Crippen molar-refractivity contribution in [1.29, 1.82) is 0 Å². The lowest BCUT2D eigenvalue weighted by Gasteiger charge is -2.23. The van der Waals surface area contributed by atoms with Crippen LogP contribution in [0.3, 0.4) is 0 Å². The van der Waals surface area contributed by atoms with E-state index in [1.807, 2.05) is 29.2 Å². The molecule has 0 spiro atoms. The second-order valence-corrected chi connectivity index (χ2v) is 4.33. The molecule has 0 fully saturated rings. The number of benzene rings is 1. The molecular weight excluding hydrogens is 230 g/mol. The highest BCUT2D eigenvalue weighted by Gasteiger charge is 2.29. The molecule has 4 nitrogen and oxygen atoms in total. The highest BCUT2D eigenvalue weighted by Crippen LogP contribution is 2.25. The SMILES string of the molecule is CCCC(C)N1Cc2ccccc2C1=O.O=CO. The third-order valence-corrected chi connectivity index (χ3v) is 3.09. The first-order chi connectivity index (χ1) is 8.65. The molecule has 1 aromatic carbocycles. The molecule has 0 bridgehead atoms. The van der Waals surface area contributed by atoms with E-state index in [1.165, 1.54) is 5.56 Å². The van der Waals surface area contributed by atoms with Gasteiger partial charge in [0.2, 0.25) is 0 Å². The fraction of sp³-hybridized carbons (Fsp3) is 0.429. The van der Waals surface area contributed by atoms with Crippen LogP contribution < -0.4 is 0 Å². The van der Waals surface area contributed by atoms with Crippen LogP contribution in [-0.2, 0) is 11.3 Å². The number of rotatable bonds is 3. The van der Waals surface area contributed by atoms with E-state index in [0.29, 0.717) is 6.04 Å². The van der Waals surface area contributed by atoms with E-state index in [4.69, 9.17) is 9.90 Å². The average molecular weight is 249 g/mol. The van der Waals surface area contributed by atoms with E-state index < -0.39 is 0 Å². The zero-order valence-corrected chi connectivity index (χ0v) is 10.8. The van der Waals surface area contributed by atoms with Crippen LogP contribution in [0, 0.1) is 0 Å². The van der Waals surface area contributed by atoms with Crippen LogP contribution in [-0.4, -0.2) is 28.4 Å². The third-order valence-electron chi connectivity index (χ3n) is 3.09. The molecule has 2 rings (SSSR count). The Morgan fingerprint density at radius 3 is 2.61 bits per heavy atom. The fourth-order valence-electron chi connectivity index (χ4n) is 2.21. The van der Waals surface area contributed by atoms with Gasteiger partial charge in [-0.25, -0.2) is 0 Å². The molecule has 98 valence electrons. The van der Waals surface area contributed by atoms with Gasteiger partial charge >= 0.3 is 0 Å². The molecule has 1 N–H and O–H groups in total. The number of carbonyl (C=O) groups is 2. The maximum atomic E-state index is 12.0. The molecule has 0 saturated carbocycles. The molecular formula is C14H19NO3. The van der Waals surface area contributed by atoms with Gasteiger partial charge in [0, 0.05) is 18.2 Å². The van der Waals surface area contributed by atoms with Gasteiger partial charge in [-0.1, -0.05) is 31.5 Å². The molecule has 0 radical (unpaired) electrons. The number of hydrogen-bond donors (Lipinski definition) is 1. The normalized spacial score (nSPS) is 14.6. The predicted molar refractivity (Wildman–Crippen MR) is 69.4 cm³/mol. The molecule has 18 heavy (non-hydrogen) atoms. The van der Waals surface area contributed by atoms with E-state index in [-0.39, 0.29) is 12.4 Å².